The summed E-state index contributed by atoms with van der Waals surface area (Å²) in [7, 11) is -3.45. The molecule has 1 heterocycles. The van der Waals surface area contributed by atoms with Gasteiger partial charge in [0.25, 0.3) is 0 Å². The minimum absolute atomic E-state index is 0.439. The van der Waals surface area contributed by atoms with E-state index in [0.29, 0.717) is 16.0 Å². The lowest BCUT2D eigenvalue weighted by Gasteiger charge is -2.07. The number of nitrogens with one attached hydrogen (secondary N) is 1. The van der Waals surface area contributed by atoms with Crippen LogP contribution in [0.2, 0.25) is 0 Å². The summed E-state index contributed by atoms with van der Waals surface area (Å²) >= 11 is 8.43. The van der Waals surface area contributed by atoms with Crippen molar-refractivity contribution in [2.45, 2.75) is 6.92 Å². The lowest BCUT2D eigenvalue weighted by Crippen LogP contribution is -2.14. The number of aromatic nitrogens is 1. The third kappa shape index (κ3) is 3.11. The summed E-state index contributed by atoms with van der Waals surface area (Å²) in [6.07, 6.45) is 0. The van der Waals surface area contributed by atoms with E-state index >= 15 is 0 Å². The Balaban J connectivity index is 2.99. The number of alkyl halides is 1. The highest BCUT2D eigenvalue weighted by Gasteiger charge is 2.10. The van der Waals surface area contributed by atoms with E-state index in [0.717, 1.165) is 0 Å². The summed E-state index contributed by atoms with van der Waals surface area (Å²) < 4.78 is 25.2. The van der Waals surface area contributed by atoms with Crippen LogP contribution in [-0.4, -0.2) is 18.6 Å². The molecule has 0 aliphatic carbocycles. The summed E-state index contributed by atoms with van der Waals surface area (Å²) in [5.41, 5.74) is 1.03. The van der Waals surface area contributed by atoms with Crippen molar-refractivity contribution in [2.75, 3.05) is 9.93 Å². The quantitative estimate of drug-likeness (QED) is 0.687. The van der Waals surface area contributed by atoms with Gasteiger partial charge in [0.1, 0.15) is 9.82 Å². The Morgan fingerprint density at radius 3 is 2.71 bits per heavy atom. The summed E-state index contributed by atoms with van der Waals surface area (Å²) in [5, 5.41) is -0.470. The van der Waals surface area contributed by atoms with Crippen molar-refractivity contribution in [1.82, 2.24) is 4.98 Å². The molecule has 0 fully saturated rings. The van der Waals surface area contributed by atoms with Gasteiger partial charge in [-0.2, -0.15) is 0 Å². The largest absolute Gasteiger partial charge is 0.281 e. The van der Waals surface area contributed by atoms with Crippen LogP contribution in [0.4, 0.5) is 5.69 Å². The van der Waals surface area contributed by atoms with Crippen molar-refractivity contribution < 1.29 is 8.42 Å². The highest BCUT2D eigenvalue weighted by molar-refractivity contribution is 9.10. The van der Waals surface area contributed by atoms with Crippen molar-refractivity contribution in [3.63, 3.8) is 0 Å². The van der Waals surface area contributed by atoms with E-state index in [1.807, 2.05) is 0 Å². The molecule has 4 nitrogen and oxygen atoms in total. The number of hydrogen-bond donors (Lipinski definition) is 1. The first kappa shape index (κ1) is 11.7. The van der Waals surface area contributed by atoms with Gasteiger partial charge in [-0.1, -0.05) is 0 Å². The smallest absolute Gasteiger partial charge is 0.246 e. The maximum atomic E-state index is 11.1. The first-order valence-electron chi connectivity index (χ1n) is 3.64. The van der Waals surface area contributed by atoms with Gasteiger partial charge in [0.05, 0.1) is 11.4 Å². The van der Waals surface area contributed by atoms with E-state index in [1.54, 1.807) is 19.1 Å². The number of rotatable bonds is 3. The Labute approximate surface area is 95.9 Å². The molecule has 0 radical (unpaired) electrons. The maximum Gasteiger partial charge on any atom is 0.246 e. The molecular formula is C7H8BrClN2O2S. The van der Waals surface area contributed by atoms with E-state index in [9.17, 15) is 8.42 Å². The number of anilines is 1. The second-order valence-electron chi connectivity index (χ2n) is 2.59. The van der Waals surface area contributed by atoms with Gasteiger partial charge in [-0.3, -0.25) is 4.72 Å². The fourth-order valence-corrected chi connectivity index (χ4v) is 2.00. The number of hydrogen-bond acceptors (Lipinski definition) is 3. The molecule has 0 aromatic carbocycles. The molecule has 1 aromatic rings. The van der Waals surface area contributed by atoms with Crippen LogP contribution in [0.1, 0.15) is 5.69 Å². The molecule has 0 saturated heterocycles. The molecule has 1 N–H and O–H groups in total. The highest BCUT2D eigenvalue weighted by atomic mass is 79.9. The molecule has 0 atom stereocenters. The zero-order valence-electron chi connectivity index (χ0n) is 7.29. The molecule has 78 valence electrons. The average Bonchev–Trinajstić information content (AvgIpc) is 2.10. The van der Waals surface area contributed by atoms with Crippen LogP contribution >= 0.6 is 27.5 Å². The van der Waals surface area contributed by atoms with Crippen LogP contribution in [0.5, 0.6) is 0 Å². The van der Waals surface area contributed by atoms with Crippen LogP contribution in [0.3, 0.4) is 0 Å². The Morgan fingerprint density at radius 2 is 2.21 bits per heavy atom. The molecular weight excluding hydrogens is 292 g/mol. The van der Waals surface area contributed by atoms with Gasteiger partial charge in [-0.25, -0.2) is 13.4 Å². The molecule has 0 bridgehead atoms. The summed E-state index contributed by atoms with van der Waals surface area (Å²) in [4.78, 5) is 4.04. The molecule has 1 rings (SSSR count). The SMILES string of the molecule is Cc1nc(Br)ccc1NS(=O)(=O)CCl. The van der Waals surface area contributed by atoms with E-state index in [2.05, 4.69) is 25.6 Å². The predicted molar refractivity (Wildman–Crippen MR) is 59.9 cm³/mol. The van der Waals surface area contributed by atoms with Gasteiger partial charge < -0.3 is 0 Å². The van der Waals surface area contributed by atoms with Crippen LogP contribution < -0.4 is 4.72 Å². The van der Waals surface area contributed by atoms with Crippen molar-refractivity contribution in [3.05, 3.63) is 22.4 Å². The Hall–Kier alpha value is -0.330. The number of aryl methyl sites for hydroxylation is 1. The summed E-state index contributed by atoms with van der Waals surface area (Å²) in [6.45, 7) is 1.71. The van der Waals surface area contributed by atoms with E-state index < -0.39 is 15.2 Å². The Morgan fingerprint density at radius 1 is 1.57 bits per heavy atom. The number of nitrogens with zero attached hydrogens (tertiary/aromatic N) is 1. The van der Waals surface area contributed by atoms with Gasteiger partial charge in [0.15, 0.2) is 0 Å². The number of pyridine rings is 1. The second kappa shape index (κ2) is 4.46. The van der Waals surface area contributed by atoms with E-state index in [4.69, 9.17) is 11.6 Å². The zero-order valence-corrected chi connectivity index (χ0v) is 10.4. The predicted octanol–water partition coefficient (Wildman–Crippen LogP) is 2.09. The van der Waals surface area contributed by atoms with Crippen LogP contribution in [0.25, 0.3) is 0 Å². The number of halogens is 2. The van der Waals surface area contributed by atoms with Gasteiger partial charge in [-0.05, 0) is 35.0 Å². The second-order valence-corrected chi connectivity index (χ2v) is 5.71. The first-order chi connectivity index (χ1) is 6.44. The molecule has 0 aliphatic rings. The van der Waals surface area contributed by atoms with Crippen LogP contribution in [-0.2, 0) is 10.0 Å². The summed E-state index contributed by atoms with van der Waals surface area (Å²) in [6, 6.07) is 3.27. The van der Waals surface area contributed by atoms with E-state index in [-0.39, 0.29) is 0 Å². The molecule has 0 aliphatic heterocycles. The molecule has 14 heavy (non-hydrogen) atoms. The minimum atomic E-state index is -3.45. The molecule has 0 saturated carbocycles. The molecule has 0 unspecified atom stereocenters. The Bertz CT molecular complexity index is 435. The molecule has 0 spiro atoms. The lowest BCUT2D eigenvalue weighted by molar-refractivity contribution is 0.605. The lowest BCUT2D eigenvalue weighted by atomic mass is 10.3. The normalized spacial score (nSPS) is 11.4. The monoisotopic (exact) mass is 298 g/mol. The highest BCUT2D eigenvalue weighted by Crippen LogP contribution is 2.17. The Kier molecular flexibility index (Phi) is 3.74. The van der Waals surface area contributed by atoms with Crippen molar-refractivity contribution in [1.29, 1.82) is 0 Å². The molecule has 1 aromatic heterocycles. The van der Waals surface area contributed by atoms with Gasteiger partial charge in [-0.15, -0.1) is 11.6 Å². The summed E-state index contributed by atoms with van der Waals surface area (Å²) in [5.74, 6) is 0. The fourth-order valence-electron chi connectivity index (χ4n) is 0.833. The van der Waals surface area contributed by atoms with E-state index in [1.165, 1.54) is 0 Å². The molecule has 7 heteroatoms. The van der Waals surface area contributed by atoms with Gasteiger partial charge in [0, 0.05) is 0 Å². The topological polar surface area (TPSA) is 59.1 Å². The first-order valence-corrected chi connectivity index (χ1v) is 6.62. The van der Waals surface area contributed by atoms with Crippen LogP contribution in [0.15, 0.2) is 16.7 Å². The van der Waals surface area contributed by atoms with Crippen molar-refractivity contribution in [2.24, 2.45) is 0 Å². The maximum absolute atomic E-state index is 11.1. The van der Waals surface area contributed by atoms with Crippen molar-refractivity contribution in [3.8, 4) is 0 Å². The minimum Gasteiger partial charge on any atom is -0.281 e. The van der Waals surface area contributed by atoms with Crippen LogP contribution in [0, 0.1) is 6.92 Å². The van der Waals surface area contributed by atoms with Gasteiger partial charge >= 0.3 is 0 Å². The molecule has 0 amide bonds. The third-order valence-corrected chi connectivity index (χ3v) is 3.58. The number of sulfonamides is 1. The zero-order chi connectivity index (χ0) is 10.8. The average molecular weight is 300 g/mol. The standard InChI is InChI=1S/C7H8BrClN2O2S/c1-5-6(2-3-7(8)10-5)11-14(12,13)4-9/h2-3,11H,4H2,1H3. The fraction of sp³-hybridized carbons (Fsp3) is 0.286. The van der Waals surface area contributed by atoms with Gasteiger partial charge in [0.2, 0.25) is 10.0 Å². The third-order valence-electron chi connectivity index (χ3n) is 1.46. The van der Waals surface area contributed by atoms with Crippen molar-refractivity contribution >= 4 is 43.2 Å².